The molecule has 0 unspecified atom stereocenters. The van der Waals surface area contributed by atoms with E-state index in [0.29, 0.717) is 33.5 Å². The lowest BCUT2D eigenvalue weighted by Crippen LogP contribution is -2.41. The van der Waals surface area contributed by atoms with Crippen molar-refractivity contribution in [2.45, 2.75) is 32.9 Å². The van der Waals surface area contributed by atoms with Crippen molar-refractivity contribution < 1.29 is 19.1 Å². The molecule has 0 aliphatic rings. The highest BCUT2D eigenvalue weighted by Crippen LogP contribution is 2.31. The minimum atomic E-state index is -0.854. The summed E-state index contributed by atoms with van der Waals surface area (Å²) in [6.45, 7) is 3.92. The van der Waals surface area contributed by atoms with Crippen LogP contribution in [-0.2, 0) is 16.2 Å². The molecule has 0 saturated heterocycles. The third kappa shape index (κ3) is 6.64. The number of hydrogen-bond acceptors (Lipinski definition) is 5. The standard InChI is InChI=1S/C21H23Cl2N3O4/c1-4-13(2)25-20(27)21(28)26-24-11-15-6-5-7-18(29-3)19(15)30-12-14-8-9-16(22)17(23)10-14/h5-11,13H,4,12H2,1-3H3,(H,25,27)(H,26,28)/b24-11-/t13-/m0/s1. The number of nitrogens with zero attached hydrogens (tertiary/aromatic N) is 1. The number of ether oxygens (including phenoxy) is 2. The molecule has 9 heteroatoms. The first kappa shape index (κ1) is 23.5. The van der Waals surface area contributed by atoms with E-state index in [0.717, 1.165) is 5.56 Å². The van der Waals surface area contributed by atoms with E-state index in [2.05, 4.69) is 15.8 Å². The predicted molar refractivity (Wildman–Crippen MR) is 117 cm³/mol. The largest absolute Gasteiger partial charge is 0.493 e. The second-order valence-corrected chi connectivity index (χ2v) is 7.21. The van der Waals surface area contributed by atoms with Crippen LogP contribution in [0.25, 0.3) is 0 Å². The first-order valence-corrected chi connectivity index (χ1v) is 9.98. The van der Waals surface area contributed by atoms with Gasteiger partial charge in [-0.15, -0.1) is 0 Å². The van der Waals surface area contributed by atoms with Gasteiger partial charge in [-0.05, 0) is 43.2 Å². The zero-order valence-electron chi connectivity index (χ0n) is 16.9. The topological polar surface area (TPSA) is 89.0 Å². The van der Waals surface area contributed by atoms with Crippen molar-refractivity contribution in [3.05, 3.63) is 57.6 Å². The molecule has 2 rings (SSSR count). The lowest BCUT2D eigenvalue weighted by molar-refractivity contribution is -0.139. The number of carbonyl (C=O) groups is 2. The summed E-state index contributed by atoms with van der Waals surface area (Å²) < 4.78 is 11.3. The average Bonchev–Trinajstić information content (AvgIpc) is 2.74. The summed E-state index contributed by atoms with van der Waals surface area (Å²) in [5.74, 6) is -0.691. The maximum atomic E-state index is 11.8. The van der Waals surface area contributed by atoms with Crippen LogP contribution in [0.2, 0.25) is 10.0 Å². The SMILES string of the molecule is CC[C@H](C)NC(=O)C(=O)N/N=C\c1cccc(OC)c1OCc1ccc(Cl)c(Cl)c1. The molecule has 0 fully saturated rings. The second kappa shape index (κ2) is 11.4. The van der Waals surface area contributed by atoms with Gasteiger partial charge in [-0.3, -0.25) is 9.59 Å². The lowest BCUT2D eigenvalue weighted by Gasteiger charge is -2.13. The summed E-state index contributed by atoms with van der Waals surface area (Å²) in [4.78, 5) is 23.6. The van der Waals surface area contributed by atoms with Gasteiger partial charge >= 0.3 is 11.8 Å². The molecule has 1 atom stereocenters. The Kier molecular flexibility index (Phi) is 8.95. The molecule has 2 N–H and O–H groups in total. The van der Waals surface area contributed by atoms with E-state index >= 15 is 0 Å². The van der Waals surface area contributed by atoms with Gasteiger partial charge < -0.3 is 14.8 Å². The molecule has 160 valence electrons. The van der Waals surface area contributed by atoms with Crippen molar-refractivity contribution in [2.75, 3.05) is 7.11 Å². The van der Waals surface area contributed by atoms with Gasteiger partial charge in [-0.1, -0.05) is 42.3 Å². The van der Waals surface area contributed by atoms with Gasteiger partial charge in [-0.2, -0.15) is 5.10 Å². The minimum absolute atomic E-state index is 0.105. The van der Waals surface area contributed by atoms with Crippen LogP contribution in [0.5, 0.6) is 11.5 Å². The Bertz CT molecular complexity index is 934. The molecule has 2 aromatic rings. The quantitative estimate of drug-likeness (QED) is 0.361. The van der Waals surface area contributed by atoms with Gasteiger partial charge in [0, 0.05) is 11.6 Å². The number of halogens is 2. The number of nitrogens with one attached hydrogen (secondary N) is 2. The van der Waals surface area contributed by atoms with Crippen molar-refractivity contribution in [3.63, 3.8) is 0 Å². The normalized spacial score (nSPS) is 11.8. The van der Waals surface area contributed by atoms with E-state index in [1.54, 1.807) is 36.4 Å². The molecule has 0 radical (unpaired) electrons. The van der Waals surface area contributed by atoms with Crippen LogP contribution in [0.15, 0.2) is 41.5 Å². The number of rotatable bonds is 8. The molecule has 0 saturated carbocycles. The molecular formula is C21H23Cl2N3O4. The van der Waals surface area contributed by atoms with Crippen molar-refractivity contribution in [1.29, 1.82) is 0 Å². The Morgan fingerprint density at radius 3 is 2.60 bits per heavy atom. The van der Waals surface area contributed by atoms with Gasteiger partial charge in [0.05, 0.1) is 23.4 Å². The third-order valence-electron chi connectivity index (χ3n) is 4.16. The second-order valence-electron chi connectivity index (χ2n) is 6.40. The first-order chi connectivity index (χ1) is 14.3. The van der Waals surface area contributed by atoms with Gasteiger partial charge in [0.1, 0.15) is 6.61 Å². The van der Waals surface area contributed by atoms with Crippen molar-refractivity contribution in [2.24, 2.45) is 5.10 Å². The van der Waals surface area contributed by atoms with Gasteiger partial charge in [0.15, 0.2) is 11.5 Å². The van der Waals surface area contributed by atoms with E-state index in [1.807, 2.05) is 13.8 Å². The maximum Gasteiger partial charge on any atom is 0.329 e. The Labute approximate surface area is 185 Å². The molecular weight excluding hydrogens is 429 g/mol. The number of methoxy groups -OCH3 is 1. The smallest absolute Gasteiger partial charge is 0.329 e. The Hall–Kier alpha value is -2.77. The Morgan fingerprint density at radius 2 is 1.93 bits per heavy atom. The monoisotopic (exact) mass is 451 g/mol. The fourth-order valence-electron chi connectivity index (χ4n) is 2.34. The molecule has 2 aromatic carbocycles. The summed E-state index contributed by atoms with van der Waals surface area (Å²) >= 11 is 12.0. The van der Waals surface area contributed by atoms with Gasteiger partial charge in [0.25, 0.3) is 0 Å². The number of carbonyl (C=O) groups excluding carboxylic acids is 2. The van der Waals surface area contributed by atoms with E-state index in [-0.39, 0.29) is 12.6 Å². The molecule has 0 spiro atoms. The van der Waals surface area contributed by atoms with Gasteiger partial charge in [0.2, 0.25) is 0 Å². The Morgan fingerprint density at radius 1 is 1.17 bits per heavy atom. The molecule has 7 nitrogen and oxygen atoms in total. The highest BCUT2D eigenvalue weighted by molar-refractivity contribution is 6.42. The van der Waals surface area contributed by atoms with Crippen LogP contribution in [0, 0.1) is 0 Å². The summed E-state index contributed by atoms with van der Waals surface area (Å²) in [6, 6.07) is 10.3. The third-order valence-corrected chi connectivity index (χ3v) is 4.90. The molecule has 2 amide bonds. The number of amides is 2. The van der Waals surface area contributed by atoms with Crippen LogP contribution in [-0.4, -0.2) is 31.2 Å². The average molecular weight is 452 g/mol. The molecule has 0 heterocycles. The van der Waals surface area contributed by atoms with E-state index in [4.69, 9.17) is 32.7 Å². The van der Waals surface area contributed by atoms with E-state index in [9.17, 15) is 9.59 Å². The first-order valence-electron chi connectivity index (χ1n) is 9.23. The maximum absolute atomic E-state index is 11.8. The van der Waals surface area contributed by atoms with Gasteiger partial charge in [-0.25, -0.2) is 5.43 Å². The van der Waals surface area contributed by atoms with E-state index < -0.39 is 11.8 Å². The van der Waals surface area contributed by atoms with Crippen LogP contribution < -0.4 is 20.2 Å². The molecule has 0 aromatic heterocycles. The zero-order chi connectivity index (χ0) is 22.1. The van der Waals surface area contributed by atoms with Crippen LogP contribution in [0.1, 0.15) is 31.4 Å². The fourth-order valence-corrected chi connectivity index (χ4v) is 2.66. The predicted octanol–water partition coefficient (Wildman–Crippen LogP) is 3.95. The number of para-hydroxylation sites is 1. The summed E-state index contributed by atoms with van der Waals surface area (Å²) in [5, 5.41) is 7.30. The highest BCUT2D eigenvalue weighted by Gasteiger charge is 2.15. The number of hydrogen-bond donors (Lipinski definition) is 2. The number of hydrazone groups is 1. The minimum Gasteiger partial charge on any atom is -0.493 e. The lowest BCUT2D eigenvalue weighted by atomic mass is 10.2. The molecule has 30 heavy (non-hydrogen) atoms. The summed E-state index contributed by atoms with van der Waals surface area (Å²) in [7, 11) is 1.52. The van der Waals surface area contributed by atoms with Crippen LogP contribution in [0.4, 0.5) is 0 Å². The van der Waals surface area contributed by atoms with Crippen LogP contribution in [0.3, 0.4) is 0 Å². The molecule has 0 aliphatic carbocycles. The summed E-state index contributed by atoms with van der Waals surface area (Å²) in [6.07, 6.45) is 2.09. The van der Waals surface area contributed by atoms with Crippen LogP contribution >= 0.6 is 23.2 Å². The fraction of sp³-hybridized carbons (Fsp3) is 0.286. The van der Waals surface area contributed by atoms with Crippen molar-refractivity contribution in [3.8, 4) is 11.5 Å². The zero-order valence-corrected chi connectivity index (χ0v) is 18.4. The molecule has 0 aliphatic heterocycles. The van der Waals surface area contributed by atoms with Crippen molar-refractivity contribution in [1.82, 2.24) is 10.7 Å². The highest BCUT2D eigenvalue weighted by atomic mass is 35.5. The molecule has 0 bridgehead atoms. The number of benzene rings is 2. The van der Waals surface area contributed by atoms with E-state index in [1.165, 1.54) is 13.3 Å². The summed E-state index contributed by atoms with van der Waals surface area (Å²) in [5.41, 5.74) is 3.57. The Balaban J connectivity index is 2.10. The van der Waals surface area contributed by atoms with Crippen molar-refractivity contribution >= 4 is 41.2 Å².